The first-order chi connectivity index (χ1) is 9.22. The molecule has 10 nitrogen and oxygen atoms in total. The molecule has 0 spiro atoms. The molecule has 0 radical (unpaired) electrons. The fourth-order valence-corrected chi connectivity index (χ4v) is 1.46. The van der Waals surface area contributed by atoms with Gasteiger partial charge in [-0.15, -0.1) is 4.91 Å². The minimum absolute atomic E-state index is 0.272. The second-order valence-electron chi connectivity index (χ2n) is 3.66. The summed E-state index contributed by atoms with van der Waals surface area (Å²) < 4.78 is 0. The molecule has 1 unspecified atom stereocenters. The van der Waals surface area contributed by atoms with Crippen molar-refractivity contribution in [3.05, 3.63) is 4.91 Å². The van der Waals surface area contributed by atoms with Crippen LogP contribution in [0.5, 0.6) is 0 Å². The zero-order chi connectivity index (χ0) is 13.7. The van der Waals surface area contributed by atoms with E-state index in [1.807, 2.05) is 0 Å². The molecule has 2 amide bonds. The number of amidine groups is 2. The van der Waals surface area contributed by atoms with Gasteiger partial charge in [-0.1, -0.05) is 0 Å². The maximum absolute atomic E-state index is 11.2. The normalized spacial score (nSPS) is 21.6. The van der Waals surface area contributed by atoms with Gasteiger partial charge in [0.25, 0.3) is 0 Å². The molecule has 2 rings (SSSR count). The molecule has 0 aromatic rings. The van der Waals surface area contributed by atoms with Gasteiger partial charge in [-0.25, -0.2) is 14.8 Å². The Bertz CT molecular complexity index is 494. The van der Waals surface area contributed by atoms with Crippen LogP contribution >= 0.6 is 0 Å². The second-order valence-corrected chi connectivity index (χ2v) is 3.66. The molecule has 0 bridgehead atoms. The zero-order valence-electron chi connectivity index (χ0n) is 10.1. The Hall–Kier alpha value is -2.65. The molecule has 2 aliphatic rings. The Morgan fingerprint density at radius 3 is 3.26 bits per heavy atom. The predicted molar refractivity (Wildman–Crippen MR) is 70.6 cm³/mol. The fourth-order valence-electron chi connectivity index (χ4n) is 1.46. The molecule has 2 N–H and O–H groups in total. The lowest BCUT2D eigenvalue weighted by molar-refractivity contribution is 0.210. The van der Waals surface area contributed by atoms with Crippen LogP contribution in [0.25, 0.3) is 0 Å². The van der Waals surface area contributed by atoms with Crippen molar-refractivity contribution in [2.45, 2.75) is 6.04 Å². The Morgan fingerprint density at radius 2 is 2.47 bits per heavy atom. The number of hydrogen-bond acceptors (Lipinski definition) is 7. The van der Waals surface area contributed by atoms with E-state index in [0.29, 0.717) is 23.2 Å². The lowest BCUT2D eigenvalue weighted by atomic mass is 10.2. The van der Waals surface area contributed by atoms with Crippen molar-refractivity contribution in [3.8, 4) is 0 Å². The molecule has 1 atom stereocenters. The number of urea groups is 1. The maximum Gasteiger partial charge on any atom is 0.340 e. The Labute approximate surface area is 108 Å². The van der Waals surface area contributed by atoms with E-state index in [0.717, 1.165) is 0 Å². The number of aliphatic imine (C=N–C) groups is 4. The van der Waals surface area contributed by atoms with Gasteiger partial charge in [0.2, 0.25) is 0 Å². The SMILES string of the molecule is CN(N=O)C(=O)NCCN=C1N=CNC2=NC=NC12. The number of carbonyl (C=O) groups is 1. The molecule has 0 saturated carbocycles. The average Bonchev–Trinajstić information content (AvgIpc) is 2.91. The van der Waals surface area contributed by atoms with Crippen molar-refractivity contribution in [3.63, 3.8) is 0 Å². The van der Waals surface area contributed by atoms with Crippen LogP contribution in [0.3, 0.4) is 0 Å². The Balaban J connectivity index is 1.83. The van der Waals surface area contributed by atoms with E-state index in [-0.39, 0.29) is 12.6 Å². The molecule has 10 heteroatoms. The Morgan fingerprint density at radius 1 is 1.63 bits per heavy atom. The summed E-state index contributed by atoms with van der Waals surface area (Å²) in [6.07, 6.45) is 2.94. The third-order valence-corrected chi connectivity index (χ3v) is 2.40. The smallest absolute Gasteiger partial charge is 0.335 e. The van der Waals surface area contributed by atoms with Crippen LogP contribution in [0.4, 0.5) is 4.79 Å². The van der Waals surface area contributed by atoms with E-state index in [2.05, 4.69) is 35.9 Å². The van der Waals surface area contributed by atoms with Gasteiger partial charge in [-0.3, -0.25) is 9.98 Å². The molecule has 2 heterocycles. The minimum Gasteiger partial charge on any atom is -0.335 e. The summed E-state index contributed by atoms with van der Waals surface area (Å²) in [5, 5.41) is 8.49. The van der Waals surface area contributed by atoms with Gasteiger partial charge in [0.1, 0.15) is 12.2 Å². The number of hydrogen-bond donors (Lipinski definition) is 2. The lowest BCUT2D eigenvalue weighted by Gasteiger charge is -2.15. The van der Waals surface area contributed by atoms with Gasteiger partial charge >= 0.3 is 6.03 Å². The van der Waals surface area contributed by atoms with Crippen LogP contribution in [0, 0.1) is 4.91 Å². The highest BCUT2D eigenvalue weighted by Crippen LogP contribution is 2.06. The minimum atomic E-state index is -0.579. The van der Waals surface area contributed by atoms with E-state index >= 15 is 0 Å². The van der Waals surface area contributed by atoms with Crippen molar-refractivity contribution in [1.29, 1.82) is 0 Å². The summed E-state index contributed by atoms with van der Waals surface area (Å²) in [7, 11) is 1.27. The number of nitrogens with zero attached hydrogens (tertiary/aromatic N) is 6. The van der Waals surface area contributed by atoms with Gasteiger partial charge < -0.3 is 10.6 Å². The fraction of sp³-hybridized carbons (Fsp3) is 0.444. The average molecular weight is 264 g/mol. The van der Waals surface area contributed by atoms with Crippen LogP contribution in [-0.2, 0) is 0 Å². The van der Waals surface area contributed by atoms with E-state index in [9.17, 15) is 9.70 Å². The molecule has 0 aromatic carbocycles. The largest absolute Gasteiger partial charge is 0.340 e. The quantitative estimate of drug-likeness (QED) is 0.390. The van der Waals surface area contributed by atoms with Crippen molar-refractivity contribution in [1.82, 2.24) is 15.6 Å². The molecule has 0 aliphatic carbocycles. The van der Waals surface area contributed by atoms with Crippen LogP contribution in [0.1, 0.15) is 0 Å². The number of rotatable bonds is 4. The molecule has 0 saturated heterocycles. The molecule has 0 fully saturated rings. The number of amides is 2. The third-order valence-electron chi connectivity index (χ3n) is 2.40. The van der Waals surface area contributed by atoms with Gasteiger partial charge in [-0.05, 0) is 0 Å². The van der Waals surface area contributed by atoms with Gasteiger partial charge in [-0.2, -0.15) is 5.01 Å². The van der Waals surface area contributed by atoms with Crippen LogP contribution in [0.2, 0.25) is 0 Å². The molecule has 0 aromatic heterocycles. The second kappa shape index (κ2) is 5.80. The van der Waals surface area contributed by atoms with Crippen LogP contribution in [-0.4, -0.2) is 61.6 Å². The summed E-state index contributed by atoms with van der Waals surface area (Å²) in [5.74, 6) is 1.21. The highest BCUT2D eigenvalue weighted by molar-refractivity contribution is 6.21. The molecular weight excluding hydrogens is 252 g/mol. The molecule has 100 valence electrons. The number of fused-ring (bicyclic) bond motifs is 1. The molecular formula is C9H12N8O2. The van der Waals surface area contributed by atoms with Gasteiger partial charge in [0.15, 0.2) is 11.9 Å². The lowest BCUT2D eigenvalue weighted by Crippen LogP contribution is -2.40. The topological polar surface area (TPSA) is 123 Å². The molecule has 19 heavy (non-hydrogen) atoms. The van der Waals surface area contributed by atoms with Crippen molar-refractivity contribution in [2.75, 3.05) is 20.1 Å². The van der Waals surface area contributed by atoms with E-state index in [1.165, 1.54) is 19.7 Å². The predicted octanol–water partition coefficient (Wildman–Crippen LogP) is -0.852. The zero-order valence-corrected chi connectivity index (χ0v) is 10.1. The first-order valence-electron chi connectivity index (χ1n) is 5.50. The van der Waals surface area contributed by atoms with Gasteiger partial charge in [0, 0.05) is 13.6 Å². The number of nitrogens with one attached hydrogen (secondary N) is 2. The first kappa shape index (κ1) is 12.8. The van der Waals surface area contributed by atoms with E-state index in [4.69, 9.17) is 0 Å². The number of carbonyl (C=O) groups excluding carboxylic acids is 1. The van der Waals surface area contributed by atoms with Crippen molar-refractivity contribution >= 4 is 30.4 Å². The highest BCUT2D eigenvalue weighted by atomic mass is 16.3. The summed E-state index contributed by atoms with van der Waals surface area (Å²) in [4.78, 5) is 37.7. The number of nitroso groups, excluding NO2 is 1. The summed E-state index contributed by atoms with van der Waals surface area (Å²) >= 11 is 0. The highest BCUT2D eigenvalue weighted by Gasteiger charge is 2.25. The van der Waals surface area contributed by atoms with Crippen LogP contribution in [0.15, 0.2) is 25.3 Å². The van der Waals surface area contributed by atoms with Crippen molar-refractivity contribution < 1.29 is 4.79 Å². The van der Waals surface area contributed by atoms with E-state index < -0.39 is 6.03 Å². The van der Waals surface area contributed by atoms with E-state index in [1.54, 1.807) is 0 Å². The summed E-state index contributed by atoms with van der Waals surface area (Å²) in [6.45, 7) is 0.596. The summed E-state index contributed by atoms with van der Waals surface area (Å²) in [5.41, 5.74) is 0. The monoisotopic (exact) mass is 264 g/mol. The van der Waals surface area contributed by atoms with Crippen molar-refractivity contribution in [2.24, 2.45) is 25.3 Å². The standard InChI is InChI=1S/C9H12N8O2/c1-17(16-19)9(18)11-3-2-10-7-6-8(13-4-12-6)15-5-14-7/h4-6H,2-3H2,1H3,(H,11,18)(H,10,12,13,14,15). The molecule has 2 aliphatic heterocycles. The maximum atomic E-state index is 11.2. The van der Waals surface area contributed by atoms with Gasteiger partial charge in [0.05, 0.1) is 18.2 Å². The third kappa shape index (κ3) is 2.97. The summed E-state index contributed by atoms with van der Waals surface area (Å²) in [6, 6.07) is -0.870. The first-order valence-corrected chi connectivity index (χ1v) is 5.50. The van der Waals surface area contributed by atoms with Crippen LogP contribution < -0.4 is 10.6 Å². The Kier molecular flexibility index (Phi) is 3.90.